The van der Waals surface area contributed by atoms with Crippen LogP contribution in [-0.4, -0.2) is 36.8 Å². The van der Waals surface area contributed by atoms with Gasteiger partial charge in [0.15, 0.2) is 15.6 Å². The second kappa shape index (κ2) is 6.56. The van der Waals surface area contributed by atoms with Gasteiger partial charge in [0.25, 0.3) is 5.91 Å². The molecular weight excluding hydrogens is 366 g/mol. The third kappa shape index (κ3) is 3.39. The molecule has 6 nitrogen and oxygen atoms in total. The number of benzene rings is 1. The molecule has 1 aromatic carbocycles. The molecule has 2 aromatic heterocycles. The summed E-state index contributed by atoms with van der Waals surface area (Å²) in [5, 5.41) is 0.883. The Labute approximate surface area is 157 Å². The van der Waals surface area contributed by atoms with Gasteiger partial charge < -0.3 is 13.7 Å². The summed E-state index contributed by atoms with van der Waals surface area (Å²) in [6, 6.07) is 10.7. The number of aryl methyl sites for hydroxylation is 2. The van der Waals surface area contributed by atoms with Crippen LogP contribution in [0.15, 0.2) is 45.2 Å². The summed E-state index contributed by atoms with van der Waals surface area (Å²) < 4.78 is 35.4. The largest absolute Gasteiger partial charge is 0.464 e. The van der Waals surface area contributed by atoms with Gasteiger partial charge in [-0.3, -0.25) is 4.79 Å². The fourth-order valence-corrected chi connectivity index (χ4v) is 5.37. The Morgan fingerprint density at radius 2 is 1.93 bits per heavy atom. The zero-order valence-electron chi connectivity index (χ0n) is 15.3. The molecule has 0 bridgehead atoms. The summed E-state index contributed by atoms with van der Waals surface area (Å²) in [4.78, 5) is 14.9. The van der Waals surface area contributed by atoms with Crippen LogP contribution in [0.4, 0.5) is 0 Å². The van der Waals surface area contributed by atoms with Crippen molar-refractivity contribution in [3.63, 3.8) is 0 Å². The van der Waals surface area contributed by atoms with Crippen LogP contribution >= 0.6 is 0 Å². The molecule has 0 saturated carbocycles. The monoisotopic (exact) mass is 387 g/mol. The van der Waals surface area contributed by atoms with Gasteiger partial charge in [0.2, 0.25) is 0 Å². The molecule has 1 aliphatic heterocycles. The average molecular weight is 387 g/mol. The van der Waals surface area contributed by atoms with Gasteiger partial charge in [-0.25, -0.2) is 8.42 Å². The minimum Gasteiger partial charge on any atom is -0.464 e. The Hall–Kier alpha value is -2.54. The number of para-hydroxylation sites is 1. The van der Waals surface area contributed by atoms with Crippen molar-refractivity contribution in [2.45, 2.75) is 32.9 Å². The number of hydrogen-bond donors (Lipinski definition) is 0. The minimum absolute atomic E-state index is 0.0301. The van der Waals surface area contributed by atoms with Crippen molar-refractivity contribution in [2.24, 2.45) is 0 Å². The van der Waals surface area contributed by atoms with Crippen LogP contribution in [0.5, 0.6) is 0 Å². The molecule has 1 atom stereocenters. The number of hydrogen-bond acceptors (Lipinski definition) is 5. The van der Waals surface area contributed by atoms with E-state index in [0.29, 0.717) is 17.8 Å². The molecule has 0 radical (unpaired) electrons. The van der Waals surface area contributed by atoms with Crippen molar-refractivity contribution in [1.29, 1.82) is 0 Å². The molecule has 3 heterocycles. The van der Waals surface area contributed by atoms with Gasteiger partial charge in [0.1, 0.15) is 17.1 Å². The van der Waals surface area contributed by atoms with Gasteiger partial charge in [-0.2, -0.15) is 0 Å². The molecule has 142 valence electrons. The zero-order valence-corrected chi connectivity index (χ0v) is 16.1. The maximum atomic E-state index is 13.3. The van der Waals surface area contributed by atoms with E-state index in [4.69, 9.17) is 8.83 Å². The van der Waals surface area contributed by atoms with E-state index in [9.17, 15) is 13.2 Å². The Kier molecular flexibility index (Phi) is 4.34. The predicted molar refractivity (Wildman–Crippen MR) is 101 cm³/mol. The second-order valence-corrected chi connectivity index (χ2v) is 9.28. The van der Waals surface area contributed by atoms with Crippen LogP contribution in [0.3, 0.4) is 0 Å². The van der Waals surface area contributed by atoms with E-state index in [2.05, 4.69) is 0 Å². The average Bonchev–Trinajstić information content (AvgIpc) is 3.30. The quantitative estimate of drug-likeness (QED) is 0.685. The Morgan fingerprint density at radius 1 is 1.15 bits per heavy atom. The Balaban J connectivity index is 1.72. The van der Waals surface area contributed by atoms with E-state index in [-0.39, 0.29) is 35.8 Å². The number of fused-ring (bicyclic) bond motifs is 1. The summed E-state index contributed by atoms with van der Waals surface area (Å²) in [5.74, 6) is 1.38. The first-order chi connectivity index (χ1) is 12.8. The van der Waals surface area contributed by atoms with Crippen molar-refractivity contribution in [2.75, 3.05) is 11.5 Å². The highest BCUT2D eigenvalue weighted by atomic mass is 32.2. The molecular formula is C20H21NO5S. The first-order valence-electron chi connectivity index (χ1n) is 8.89. The van der Waals surface area contributed by atoms with Crippen LogP contribution in [0, 0.1) is 13.8 Å². The molecule has 0 aliphatic carbocycles. The number of amides is 1. The molecule has 1 saturated heterocycles. The molecule has 0 spiro atoms. The van der Waals surface area contributed by atoms with Crippen LogP contribution < -0.4 is 0 Å². The van der Waals surface area contributed by atoms with Crippen molar-refractivity contribution < 1.29 is 22.0 Å². The molecule has 4 rings (SSSR count). The molecule has 0 N–H and O–H groups in total. The third-order valence-electron chi connectivity index (χ3n) is 5.07. The summed E-state index contributed by atoms with van der Waals surface area (Å²) in [5.41, 5.74) is 1.41. The number of carbonyl (C=O) groups is 1. The lowest BCUT2D eigenvalue weighted by Crippen LogP contribution is -2.40. The third-order valence-corrected chi connectivity index (χ3v) is 6.82. The van der Waals surface area contributed by atoms with E-state index in [1.165, 1.54) is 0 Å². The highest BCUT2D eigenvalue weighted by molar-refractivity contribution is 7.91. The van der Waals surface area contributed by atoms with E-state index in [0.717, 1.165) is 16.7 Å². The predicted octanol–water partition coefficient (Wildman–Crippen LogP) is 3.47. The molecule has 1 aliphatic rings. The first-order valence-corrected chi connectivity index (χ1v) is 10.7. The molecule has 1 fully saturated rings. The number of rotatable bonds is 4. The van der Waals surface area contributed by atoms with Crippen LogP contribution in [-0.2, 0) is 16.4 Å². The summed E-state index contributed by atoms with van der Waals surface area (Å²) in [6.45, 7) is 3.89. The second-order valence-electron chi connectivity index (χ2n) is 7.05. The molecule has 0 unspecified atom stereocenters. The number of nitrogens with zero attached hydrogens (tertiary/aromatic N) is 1. The van der Waals surface area contributed by atoms with Gasteiger partial charge in [-0.05, 0) is 38.5 Å². The van der Waals surface area contributed by atoms with Crippen molar-refractivity contribution in [3.8, 4) is 0 Å². The SMILES string of the molecule is Cc1ccc(CN(C(=O)c2oc3ccccc3c2C)[C@H]2CCS(=O)(=O)C2)o1. The molecule has 27 heavy (non-hydrogen) atoms. The summed E-state index contributed by atoms with van der Waals surface area (Å²) in [7, 11) is -3.13. The fraction of sp³-hybridized carbons (Fsp3) is 0.350. The van der Waals surface area contributed by atoms with Crippen LogP contribution in [0.1, 0.15) is 34.1 Å². The lowest BCUT2D eigenvalue weighted by molar-refractivity contribution is 0.0634. The molecule has 3 aromatic rings. The zero-order chi connectivity index (χ0) is 19.2. The molecule has 7 heteroatoms. The highest BCUT2D eigenvalue weighted by Crippen LogP contribution is 2.29. The standard InChI is InChI=1S/C20H21NO5S/c1-13-7-8-16(25-13)11-21(15-9-10-27(23,24)12-15)20(22)19-14(2)17-5-3-4-6-18(17)26-19/h3-8,15H,9-12H2,1-2H3/t15-/m0/s1. The van der Waals surface area contributed by atoms with Crippen LogP contribution in [0.2, 0.25) is 0 Å². The van der Waals surface area contributed by atoms with Gasteiger partial charge in [0.05, 0.1) is 18.1 Å². The smallest absolute Gasteiger partial charge is 0.290 e. The van der Waals surface area contributed by atoms with Crippen molar-refractivity contribution in [1.82, 2.24) is 4.90 Å². The van der Waals surface area contributed by atoms with Crippen LogP contribution in [0.25, 0.3) is 11.0 Å². The maximum Gasteiger partial charge on any atom is 0.290 e. The first kappa shape index (κ1) is 17.9. The highest BCUT2D eigenvalue weighted by Gasteiger charge is 2.37. The van der Waals surface area contributed by atoms with E-state index >= 15 is 0 Å². The summed E-state index contributed by atoms with van der Waals surface area (Å²) in [6.07, 6.45) is 0.424. The number of sulfone groups is 1. The lowest BCUT2D eigenvalue weighted by Gasteiger charge is -2.26. The van der Waals surface area contributed by atoms with E-state index < -0.39 is 9.84 Å². The molecule has 1 amide bonds. The number of furan rings is 2. The van der Waals surface area contributed by atoms with Gasteiger partial charge >= 0.3 is 0 Å². The maximum absolute atomic E-state index is 13.3. The topological polar surface area (TPSA) is 80.7 Å². The number of carbonyl (C=O) groups excluding carboxylic acids is 1. The fourth-order valence-electron chi connectivity index (χ4n) is 3.63. The van der Waals surface area contributed by atoms with Crippen molar-refractivity contribution >= 4 is 26.7 Å². The Bertz CT molecular complexity index is 1110. The normalized spacial score (nSPS) is 18.8. The van der Waals surface area contributed by atoms with E-state index in [1.54, 1.807) is 4.90 Å². The summed E-state index contributed by atoms with van der Waals surface area (Å²) >= 11 is 0. The van der Waals surface area contributed by atoms with Gasteiger partial charge in [-0.15, -0.1) is 0 Å². The van der Waals surface area contributed by atoms with E-state index in [1.807, 2.05) is 50.2 Å². The van der Waals surface area contributed by atoms with Gasteiger partial charge in [-0.1, -0.05) is 18.2 Å². The Morgan fingerprint density at radius 3 is 2.56 bits per heavy atom. The minimum atomic E-state index is -3.13. The van der Waals surface area contributed by atoms with Gasteiger partial charge in [0, 0.05) is 17.0 Å². The van der Waals surface area contributed by atoms with Crippen molar-refractivity contribution in [3.05, 3.63) is 59.2 Å². The lowest BCUT2D eigenvalue weighted by atomic mass is 10.1.